The Hall–Kier alpha value is -3.32. The van der Waals surface area contributed by atoms with E-state index in [1.807, 2.05) is 30.3 Å². The Morgan fingerprint density at radius 3 is 2.56 bits per heavy atom. The first kappa shape index (κ1) is 14.1. The van der Waals surface area contributed by atoms with Gasteiger partial charge in [0.1, 0.15) is 11.0 Å². The quantitative estimate of drug-likeness (QED) is 0.325. The number of nitro benzene ring substituents is 1. The third-order valence-electron chi connectivity index (χ3n) is 4.27. The maximum absolute atomic E-state index is 11.4. The predicted octanol–water partition coefficient (Wildman–Crippen LogP) is 5.17. The molecule has 25 heavy (non-hydrogen) atoms. The van der Waals surface area contributed by atoms with Crippen LogP contribution in [0.2, 0.25) is 0 Å². The minimum atomic E-state index is -0.385. The van der Waals surface area contributed by atoms with E-state index in [1.54, 1.807) is 29.5 Å². The van der Waals surface area contributed by atoms with E-state index in [1.165, 1.54) is 6.07 Å². The fourth-order valence-electron chi connectivity index (χ4n) is 3.20. The summed E-state index contributed by atoms with van der Waals surface area (Å²) in [7, 11) is 0. The molecular formula is C18H9N3O3S. The number of rotatable bonds is 2. The van der Waals surface area contributed by atoms with Crippen LogP contribution in [0.1, 0.15) is 0 Å². The summed E-state index contributed by atoms with van der Waals surface area (Å²) >= 11 is 1.62. The first-order valence-corrected chi connectivity index (χ1v) is 8.36. The van der Waals surface area contributed by atoms with Crippen LogP contribution in [0.3, 0.4) is 0 Å². The van der Waals surface area contributed by atoms with Gasteiger partial charge in [0.05, 0.1) is 10.5 Å². The molecule has 0 atom stereocenters. The lowest BCUT2D eigenvalue weighted by atomic mass is 10.00. The van der Waals surface area contributed by atoms with Crippen molar-refractivity contribution < 1.29 is 9.55 Å². The van der Waals surface area contributed by atoms with Gasteiger partial charge in [0.25, 0.3) is 5.69 Å². The van der Waals surface area contributed by atoms with Crippen molar-refractivity contribution in [2.45, 2.75) is 0 Å². The van der Waals surface area contributed by atoms with Crippen molar-refractivity contribution in [2.24, 2.45) is 0 Å². The van der Waals surface area contributed by atoms with Gasteiger partial charge in [0.15, 0.2) is 0 Å². The van der Waals surface area contributed by atoms with Crippen LogP contribution in [0.5, 0.6) is 0 Å². The normalized spacial score (nSPS) is 11.5. The van der Waals surface area contributed by atoms with Gasteiger partial charge in [-0.3, -0.25) is 10.1 Å². The van der Waals surface area contributed by atoms with E-state index >= 15 is 0 Å². The molecule has 0 radical (unpaired) electrons. The zero-order chi connectivity index (χ0) is 17.0. The lowest BCUT2D eigenvalue weighted by Gasteiger charge is -2.04. The predicted molar refractivity (Wildman–Crippen MR) is 96.8 cm³/mol. The third-order valence-corrected chi connectivity index (χ3v) is 5.39. The maximum Gasteiger partial charge on any atom is 0.277 e. The molecule has 0 fully saturated rings. The van der Waals surface area contributed by atoms with Crippen LogP contribution in [0, 0.1) is 10.1 Å². The SMILES string of the molecule is O=[N+]([O-])c1ccccc1-c1cc2sc3ccccc3c2c2nonc12. The van der Waals surface area contributed by atoms with E-state index in [4.69, 9.17) is 4.63 Å². The summed E-state index contributed by atoms with van der Waals surface area (Å²) in [6.07, 6.45) is 0. The van der Waals surface area contributed by atoms with Crippen molar-refractivity contribution >= 4 is 48.2 Å². The van der Waals surface area contributed by atoms with Crippen molar-refractivity contribution in [3.63, 3.8) is 0 Å². The van der Waals surface area contributed by atoms with Crippen LogP contribution >= 0.6 is 11.3 Å². The van der Waals surface area contributed by atoms with E-state index in [2.05, 4.69) is 10.3 Å². The highest BCUT2D eigenvalue weighted by Crippen LogP contribution is 2.42. The average Bonchev–Trinajstić information content (AvgIpc) is 3.24. The van der Waals surface area contributed by atoms with Crippen LogP contribution in [0.15, 0.2) is 59.2 Å². The lowest BCUT2D eigenvalue weighted by molar-refractivity contribution is -0.384. The minimum absolute atomic E-state index is 0.0345. The molecule has 7 heteroatoms. The summed E-state index contributed by atoms with van der Waals surface area (Å²) in [5.74, 6) is 0. The monoisotopic (exact) mass is 347 g/mol. The van der Waals surface area contributed by atoms with Gasteiger partial charge < -0.3 is 0 Å². The van der Waals surface area contributed by atoms with Gasteiger partial charge in [-0.2, -0.15) is 0 Å². The van der Waals surface area contributed by atoms with Gasteiger partial charge in [-0.15, -0.1) is 11.3 Å². The Morgan fingerprint density at radius 2 is 1.68 bits per heavy atom. The fourth-order valence-corrected chi connectivity index (χ4v) is 4.35. The zero-order valence-corrected chi connectivity index (χ0v) is 13.5. The molecule has 3 aromatic carbocycles. The molecule has 0 spiro atoms. The molecule has 0 aliphatic heterocycles. The van der Waals surface area contributed by atoms with Crippen molar-refractivity contribution in [1.29, 1.82) is 0 Å². The Labute approximate surface area is 144 Å². The average molecular weight is 347 g/mol. The van der Waals surface area contributed by atoms with Crippen molar-refractivity contribution in [2.75, 3.05) is 0 Å². The van der Waals surface area contributed by atoms with Gasteiger partial charge in [0.2, 0.25) is 0 Å². The Morgan fingerprint density at radius 1 is 0.920 bits per heavy atom. The molecule has 0 aliphatic rings. The molecule has 0 unspecified atom stereocenters. The van der Waals surface area contributed by atoms with Crippen molar-refractivity contribution in [3.05, 3.63) is 64.7 Å². The van der Waals surface area contributed by atoms with Gasteiger partial charge in [-0.25, -0.2) is 4.63 Å². The highest BCUT2D eigenvalue weighted by atomic mass is 32.1. The zero-order valence-electron chi connectivity index (χ0n) is 12.7. The number of aromatic nitrogens is 2. The molecule has 0 saturated carbocycles. The number of thiophene rings is 1. The summed E-state index contributed by atoms with van der Waals surface area (Å²) < 4.78 is 7.11. The van der Waals surface area contributed by atoms with E-state index in [-0.39, 0.29) is 10.6 Å². The number of nitro groups is 1. The second-order valence-corrected chi connectivity index (χ2v) is 6.71. The molecule has 5 rings (SSSR count). The first-order valence-electron chi connectivity index (χ1n) is 7.54. The number of para-hydroxylation sites is 1. The Balaban J connectivity index is 1.96. The van der Waals surface area contributed by atoms with E-state index in [9.17, 15) is 10.1 Å². The van der Waals surface area contributed by atoms with Gasteiger partial charge >= 0.3 is 0 Å². The number of hydrogen-bond donors (Lipinski definition) is 0. The molecule has 0 bridgehead atoms. The van der Waals surface area contributed by atoms with Crippen LogP contribution in [-0.2, 0) is 0 Å². The number of fused-ring (bicyclic) bond motifs is 5. The summed E-state index contributed by atoms with van der Waals surface area (Å²) in [4.78, 5) is 11.0. The van der Waals surface area contributed by atoms with Crippen molar-refractivity contribution in [3.8, 4) is 11.1 Å². The number of benzene rings is 3. The van der Waals surface area contributed by atoms with Crippen LogP contribution < -0.4 is 0 Å². The summed E-state index contributed by atoms with van der Waals surface area (Å²) in [5.41, 5.74) is 2.36. The van der Waals surface area contributed by atoms with Crippen molar-refractivity contribution in [1.82, 2.24) is 10.3 Å². The first-order chi connectivity index (χ1) is 12.2. The lowest BCUT2D eigenvalue weighted by Crippen LogP contribution is -1.92. The third kappa shape index (κ3) is 1.96. The van der Waals surface area contributed by atoms with E-state index in [0.29, 0.717) is 22.2 Å². The van der Waals surface area contributed by atoms with E-state index < -0.39 is 0 Å². The second-order valence-electron chi connectivity index (χ2n) is 5.63. The highest BCUT2D eigenvalue weighted by Gasteiger charge is 2.22. The summed E-state index contributed by atoms with van der Waals surface area (Å²) in [5, 5.41) is 21.6. The van der Waals surface area contributed by atoms with Crippen LogP contribution in [0.25, 0.3) is 42.3 Å². The molecular weight excluding hydrogens is 338 g/mol. The number of nitrogens with zero attached hydrogens (tertiary/aromatic N) is 3. The standard InChI is InChI=1S/C18H9N3O3S/c22-21(23)13-7-3-1-5-10(13)12-9-15-16(18-17(12)19-24-20-18)11-6-2-4-8-14(11)25-15/h1-9H. The summed E-state index contributed by atoms with van der Waals surface area (Å²) in [6, 6.07) is 16.6. The molecule has 6 nitrogen and oxygen atoms in total. The highest BCUT2D eigenvalue weighted by molar-refractivity contribution is 7.26. The fraction of sp³-hybridized carbons (Fsp3) is 0. The van der Waals surface area contributed by atoms with Gasteiger partial charge in [-0.05, 0) is 28.5 Å². The molecule has 5 aromatic rings. The Bertz CT molecular complexity index is 1290. The largest absolute Gasteiger partial charge is 0.277 e. The van der Waals surface area contributed by atoms with Gasteiger partial charge in [0, 0.05) is 31.8 Å². The second kappa shape index (κ2) is 5.09. The molecule has 0 aliphatic carbocycles. The number of hydrogen-bond acceptors (Lipinski definition) is 6. The molecule has 120 valence electrons. The van der Waals surface area contributed by atoms with Crippen LogP contribution in [0.4, 0.5) is 5.69 Å². The van der Waals surface area contributed by atoms with Crippen LogP contribution in [-0.4, -0.2) is 15.2 Å². The topological polar surface area (TPSA) is 82.1 Å². The smallest absolute Gasteiger partial charge is 0.258 e. The molecule has 0 saturated heterocycles. The Kier molecular flexibility index (Phi) is 2.86. The maximum atomic E-state index is 11.4. The van der Waals surface area contributed by atoms with Gasteiger partial charge in [-0.1, -0.05) is 30.3 Å². The van der Waals surface area contributed by atoms with E-state index in [0.717, 1.165) is 20.2 Å². The molecule has 2 aromatic heterocycles. The summed E-state index contributed by atoms with van der Waals surface area (Å²) in [6.45, 7) is 0. The molecule has 0 amide bonds. The minimum Gasteiger partial charge on any atom is -0.258 e. The molecule has 2 heterocycles. The molecule has 0 N–H and O–H groups in total.